The molecule has 3 nitrogen and oxygen atoms in total. The van der Waals surface area contributed by atoms with E-state index in [-0.39, 0.29) is 0 Å². The van der Waals surface area contributed by atoms with E-state index in [2.05, 4.69) is 12.2 Å². The van der Waals surface area contributed by atoms with Crippen LogP contribution in [-0.2, 0) is 9.84 Å². The summed E-state index contributed by atoms with van der Waals surface area (Å²) >= 11 is 5.92. The Morgan fingerprint density at radius 2 is 1.73 bits per heavy atom. The molecule has 2 rings (SSSR count). The zero-order valence-electron chi connectivity index (χ0n) is 12.7. The molecule has 0 bridgehead atoms. The largest absolute Gasteiger partial charge is 0.383 e. The van der Waals surface area contributed by atoms with Crippen molar-refractivity contribution in [1.29, 1.82) is 0 Å². The molecule has 5 heteroatoms. The van der Waals surface area contributed by atoms with Crippen molar-refractivity contribution < 1.29 is 8.42 Å². The molecule has 1 atom stereocenters. The molecule has 0 fully saturated rings. The zero-order chi connectivity index (χ0) is 16.2. The Kier molecular flexibility index (Phi) is 5.48. The molecule has 0 amide bonds. The third kappa shape index (κ3) is 4.24. The van der Waals surface area contributed by atoms with Crippen LogP contribution in [0.3, 0.4) is 0 Å². The molecule has 2 aromatic carbocycles. The van der Waals surface area contributed by atoms with Gasteiger partial charge in [-0.1, -0.05) is 42.8 Å². The van der Waals surface area contributed by atoms with E-state index in [1.165, 1.54) is 11.8 Å². The summed E-state index contributed by atoms with van der Waals surface area (Å²) in [5, 5.41) is 3.99. The Balaban J connectivity index is 2.16. The topological polar surface area (TPSA) is 46.2 Å². The second-order valence-electron chi connectivity index (χ2n) is 5.31. The van der Waals surface area contributed by atoms with Crippen LogP contribution in [0.25, 0.3) is 0 Å². The van der Waals surface area contributed by atoms with Crippen LogP contribution < -0.4 is 5.32 Å². The van der Waals surface area contributed by atoms with Gasteiger partial charge in [-0.2, -0.15) is 0 Å². The average Bonchev–Trinajstić information content (AvgIpc) is 2.49. The smallest absolute Gasteiger partial charge is 0.177 e. The van der Waals surface area contributed by atoms with E-state index in [9.17, 15) is 8.42 Å². The SMILES string of the molecule is CCC(CNc1ccccc1S(C)(=O)=O)c1ccc(Cl)cc1. The van der Waals surface area contributed by atoms with Gasteiger partial charge in [-0.3, -0.25) is 0 Å². The number of para-hydroxylation sites is 1. The highest BCUT2D eigenvalue weighted by Crippen LogP contribution is 2.25. The summed E-state index contributed by atoms with van der Waals surface area (Å²) in [6.07, 6.45) is 2.18. The molecule has 0 heterocycles. The van der Waals surface area contributed by atoms with Crippen LogP contribution in [-0.4, -0.2) is 21.2 Å². The molecule has 0 aliphatic carbocycles. The number of halogens is 1. The van der Waals surface area contributed by atoms with Crippen molar-refractivity contribution >= 4 is 27.1 Å². The molecule has 0 aliphatic heterocycles. The van der Waals surface area contributed by atoms with E-state index in [0.717, 1.165) is 6.42 Å². The zero-order valence-corrected chi connectivity index (χ0v) is 14.3. The van der Waals surface area contributed by atoms with Crippen molar-refractivity contribution in [3.63, 3.8) is 0 Å². The van der Waals surface area contributed by atoms with Gasteiger partial charge in [0.1, 0.15) is 0 Å². The lowest BCUT2D eigenvalue weighted by atomic mass is 9.96. The first-order valence-corrected chi connectivity index (χ1v) is 9.47. The normalized spacial score (nSPS) is 12.9. The quantitative estimate of drug-likeness (QED) is 0.852. The van der Waals surface area contributed by atoms with Gasteiger partial charge in [-0.25, -0.2) is 8.42 Å². The first-order valence-electron chi connectivity index (χ1n) is 7.20. The van der Waals surface area contributed by atoms with Gasteiger partial charge in [0.15, 0.2) is 9.84 Å². The van der Waals surface area contributed by atoms with Crippen LogP contribution in [0, 0.1) is 0 Å². The molecule has 1 N–H and O–H groups in total. The second kappa shape index (κ2) is 7.16. The highest BCUT2D eigenvalue weighted by atomic mass is 35.5. The predicted octanol–water partition coefficient (Wildman–Crippen LogP) is 4.35. The summed E-state index contributed by atoms with van der Waals surface area (Å²) in [5.74, 6) is 0.296. The van der Waals surface area contributed by atoms with Crippen LogP contribution >= 0.6 is 11.6 Å². The minimum absolute atomic E-state index is 0.296. The highest BCUT2D eigenvalue weighted by molar-refractivity contribution is 7.90. The van der Waals surface area contributed by atoms with E-state index >= 15 is 0 Å². The third-order valence-electron chi connectivity index (χ3n) is 3.66. The maximum atomic E-state index is 11.8. The minimum Gasteiger partial charge on any atom is -0.383 e. The fraction of sp³-hybridized carbons (Fsp3) is 0.294. The molecule has 0 aromatic heterocycles. The van der Waals surface area contributed by atoms with Gasteiger partial charge in [0, 0.05) is 23.7 Å². The van der Waals surface area contributed by atoms with Crippen molar-refractivity contribution in [2.75, 3.05) is 18.1 Å². The molecule has 1 unspecified atom stereocenters. The minimum atomic E-state index is -3.24. The fourth-order valence-electron chi connectivity index (χ4n) is 2.40. The van der Waals surface area contributed by atoms with Crippen LogP contribution in [0.1, 0.15) is 24.8 Å². The summed E-state index contributed by atoms with van der Waals surface area (Å²) < 4.78 is 23.6. The number of hydrogen-bond donors (Lipinski definition) is 1. The van der Waals surface area contributed by atoms with Gasteiger partial charge in [-0.15, -0.1) is 0 Å². The molecule has 0 aliphatic rings. The summed E-state index contributed by atoms with van der Waals surface area (Å²) in [5.41, 5.74) is 1.84. The molecule has 0 saturated heterocycles. The van der Waals surface area contributed by atoms with E-state index in [4.69, 9.17) is 11.6 Å². The molecular formula is C17H20ClNO2S. The first kappa shape index (κ1) is 16.8. The summed E-state index contributed by atoms with van der Waals surface area (Å²) in [4.78, 5) is 0.334. The Morgan fingerprint density at radius 1 is 1.09 bits per heavy atom. The Bertz CT molecular complexity index is 727. The first-order chi connectivity index (χ1) is 10.4. The van der Waals surface area contributed by atoms with Crippen LogP contribution in [0.15, 0.2) is 53.4 Å². The number of anilines is 1. The molecular weight excluding hydrogens is 318 g/mol. The molecule has 118 valence electrons. The van der Waals surface area contributed by atoms with Crippen molar-refractivity contribution in [2.24, 2.45) is 0 Å². The van der Waals surface area contributed by atoms with Gasteiger partial charge in [-0.05, 0) is 36.2 Å². The summed E-state index contributed by atoms with van der Waals surface area (Å²) in [7, 11) is -3.24. The Labute approximate surface area is 137 Å². The number of rotatable bonds is 6. The predicted molar refractivity (Wildman–Crippen MR) is 92.5 cm³/mol. The summed E-state index contributed by atoms with van der Waals surface area (Å²) in [6.45, 7) is 2.79. The van der Waals surface area contributed by atoms with Gasteiger partial charge >= 0.3 is 0 Å². The number of benzene rings is 2. The fourth-order valence-corrected chi connectivity index (χ4v) is 3.39. The van der Waals surface area contributed by atoms with Gasteiger partial charge in [0.2, 0.25) is 0 Å². The van der Waals surface area contributed by atoms with Crippen LogP contribution in [0.2, 0.25) is 5.02 Å². The van der Waals surface area contributed by atoms with Crippen molar-refractivity contribution in [3.05, 3.63) is 59.1 Å². The van der Waals surface area contributed by atoms with Crippen molar-refractivity contribution in [2.45, 2.75) is 24.2 Å². The van der Waals surface area contributed by atoms with Crippen LogP contribution in [0.4, 0.5) is 5.69 Å². The second-order valence-corrected chi connectivity index (χ2v) is 7.73. The van der Waals surface area contributed by atoms with Crippen molar-refractivity contribution in [1.82, 2.24) is 0 Å². The highest BCUT2D eigenvalue weighted by Gasteiger charge is 2.14. The molecule has 0 spiro atoms. The van der Waals surface area contributed by atoms with Crippen LogP contribution in [0.5, 0.6) is 0 Å². The lowest BCUT2D eigenvalue weighted by Gasteiger charge is -2.18. The molecule has 0 saturated carbocycles. The average molecular weight is 338 g/mol. The lowest BCUT2D eigenvalue weighted by molar-refractivity contribution is 0.602. The summed E-state index contributed by atoms with van der Waals surface area (Å²) in [6, 6.07) is 14.8. The Morgan fingerprint density at radius 3 is 2.32 bits per heavy atom. The molecule has 2 aromatic rings. The maximum absolute atomic E-state index is 11.8. The van der Waals surface area contributed by atoms with E-state index in [1.807, 2.05) is 30.3 Å². The number of sulfone groups is 1. The van der Waals surface area contributed by atoms with Gasteiger partial charge in [0.25, 0.3) is 0 Å². The van der Waals surface area contributed by atoms with Gasteiger partial charge in [0.05, 0.1) is 10.6 Å². The lowest BCUT2D eigenvalue weighted by Crippen LogP contribution is -2.14. The number of hydrogen-bond acceptors (Lipinski definition) is 3. The van der Waals surface area contributed by atoms with Gasteiger partial charge < -0.3 is 5.32 Å². The van der Waals surface area contributed by atoms with E-state index in [1.54, 1.807) is 18.2 Å². The monoisotopic (exact) mass is 337 g/mol. The van der Waals surface area contributed by atoms with Crippen molar-refractivity contribution in [3.8, 4) is 0 Å². The Hall–Kier alpha value is -1.52. The van der Waals surface area contributed by atoms with E-state index < -0.39 is 9.84 Å². The molecule has 0 radical (unpaired) electrons. The molecule has 22 heavy (non-hydrogen) atoms. The third-order valence-corrected chi connectivity index (χ3v) is 5.07. The number of nitrogens with one attached hydrogen (secondary N) is 1. The standard InChI is InChI=1S/C17H20ClNO2S/c1-3-13(14-8-10-15(18)11-9-14)12-19-16-6-4-5-7-17(16)22(2,20)21/h4-11,13,19H,3,12H2,1-2H3. The maximum Gasteiger partial charge on any atom is 0.177 e. The van der Waals surface area contributed by atoms with E-state index in [0.29, 0.717) is 28.1 Å².